The standard InChI is InChI=1S/C7H5BrN4O3/c1-4(13)15-12-7(9-10-11-12)5-2-3-6(8)14-5/h2-3H,1H3. The van der Waals surface area contributed by atoms with Crippen LogP contribution in [0, 0.1) is 0 Å². The van der Waals surface area contributed by atoms with Crippen LogP contribution in [-0.2, 0) is 4.79 Å². The Morgan fingerprint density at radius 3 is 3.00 bits per heavy atom. The van der Waals surface area contributed by atoms with Gasteiger partial charge in [0.1, 0.15) is 0 Å². The molecule has 0 fully saturated rings. The number of tetrazole rings is 1. The van der Waals surface area contributed by atoms with E-state index in [0.29, 0.717) is 10.4 Å². The lowest BCUT2D eigenvalue weighted by atomic mass is 10.4. The summed E-state index contributed by atoms with van der Waals surface area (Å²) < 4.78 is 5.75. The van der Waals surface area contributed by atoms with Crippen LogP contribution in [0.1, 0.15) is 6.92 Å². The van der Waals surface area contributed by atoms with Crippen LogP contribution < -0.4 is 4.84 Å². The third-order valence-corrected chi connectivity index (χ3v) is 1.88. The molecule has 0 aliphatic rings. The molecule has 2 aromatic heterocycles. The van der Waals surface area contributed by atoms with Crippen molar-refractivity contribution in [3.63, 3.8) is 0 Å². The minimum absolute atomic E-state index is 0.218. The zero-order valence-electron chi connectivity index (χ0n) is 7.55. The van der Waals surface area contributed by atoms with Crippen LogP contribution in [0.4, 0.5) is 0 Å². The average molecular weight is 273 g/mol. The number of nitrogens with zero attached hydrogens (tertiary/aromatic N) is 4. The molecule has 0 N–H and O–H groups in total. The first-order chi connectivity index (χ1) is 7.16. The van der Waals surface area contributed by atoms with Gasteiger partial charge in [0.15, 0.2) is 10.4 Å². The van der Waals surface area contributed by atoms with Crippen LogP contribution in [0.3, 0.4) is 0 Å². The Morgan fingerprint density at radius 2 is 2.40 bits per heavy atom. The van der Waals surface area contributed by atoms with Crippen molar-refractivity contribution in [1.82, 2.24) is 20.4 Å². The quantitative estimate of drug-likeness (QED) is 0.748. The SMILES string of the molecule is CC(=O)On1nnnc1-c1ccc(Br)o1. The molecule has 0 amide bonds. The van der Waals surface area contributed by atoms with Crippen LogP contribution in [0.2, 0.25) is 0 Å². The van der Waals surface area contributed by atoms with Crippen molar-refractivity contribution < 1.29 is 14.0 Å². The van der Waals surface area contributed by atoms with Gasteiger partial charge < -0.3 is 9.25 Å². The number of hydrogen-bond acceptors (Lipinski definition) is 6. The van der Waals surface area contributed by atoms with Crippen LogP contribution >= 0.6 is 15.9 Å². The molecule has 0 saturated carbocycles. The van der Waals surface area contributed by atoms with E-state index in [2.05, 4.69) is 31.5 Å². The van der Waals surface area contributed by atoms with E-state index in [4.69, 9.17) is 9.25 Å². The van der Waals surface area contributed by atoms with E-state index >= 15 is 0 Å². The van der Waals surface area contributed by atoms with Gasteiger partial charge in [0.25, 0.3) is 5.82 Å². The maximum absolute atomic E-state index is 10.7. The van der Waals surface area contributed by atoms with Crippen molar-refractivity contribution in [2.24, 2.45) is 0 Å². The van der Waals surface area contributed by atoms with Crippen molar-refractivity contribution >= 4 is 21.9 Å². The number of rotatable bonds is 2. The van der Waals surface area contributed by atoms with Gasteiger partial charge >= 0.3 is 5.97 Å². The molecular formula is C7H5BrN4O3. The van der Waals surface area contributed by atoms with E-state index in [9.17, 15) is 4.79 Å². The maximum atomic E-state index is 10.7. The smallest absolute Gasteiger partial charge is 0.332 e. The summed E-state index contributed by atoms with van der Waals surface area (Å²) in [6, 6.07) is 3.33. The minimum Gasteiger partial charge on any atom is -0.446 e. The third kappa shape index (κ3) is 2.04. The summed E-state index contributed by atoms with van der Waals surface area (Å²) in [6.45, 7) is 1.25. The molecule has 0 unspecified atom stereocenters. The minimum atomic E-state index is -0.519. The highest BCUT2D eigenvalue weighted by atomic mass is 79.9. The summed E-state index contributed by atoms with van der Waals surface area (Å²) in [5.41, 5.74) is 0. The maximum Gasteiger partial charge on any atom is 0.332 e. The van der Waals surface area contributed by atoms with Gasteiger partial charge in [-0.2, -0.15) is 0 Å². The van der Waals surface area contributed by atoms with Gasteiger partial charge in [0.2, 0.25) is 0 Å². The van der Waals surface area contributed by atoms with Gasteiger partial charge in [-0.15, -0.1) is 5.10 Å². The third-order valence-electron chi connectivity index (χ3n) is 1.45. The Labute approximate surface area is 92.1 Å². The zero-order chi connectivity index (χ0) is 10.8. The second-order valence-electron chi connectivity index (χ2n) is 2.56. The molecule has 0 saturated heterocycles. The Kier molecular flexibility index (Phi) is 2.50. The lowest BCUT2D eigenvalue weighted by Crippen LogP contribution is -2.18. The molecule has 78 valence electrons. The van der Waals surface area contributed by atoms with Crippen LogP contribution in [0.5, 0.6) is 0 Å². The highest BCUT2D eigenvalue weighted by molar-refractivity contribution is 9.10. The summed E-state index contributed by atoms with van der Waals surface area (Å²) in [5.74, 6) is 0.0956. The Morgan fingerprint density at radius 1 is 1.60 bits per heavy atom. The number of carbonyl (C=O) groups excluding carboxylic acids is 1. The molecule has 0 atom stereocenters. The highest BCUT2D eigenvalue weighted by Crippen LogP contribution is 2.21. The summed E-state index contributed by atoms with van der Waals surface area (Å²) in [6.07, 6.45) is 0. The summed E-state index contributed by atoms with van der Waals surface area (Å²) in [5, 5.41) is 10.5. The van der Waals surface area contributed by atoms with Gasteiger partial charge in [-0.3, -0.25) is 0 Å². The molecule has 2 rings (SSSR count). The summed E-state index contributed by atoms with van der Waals surface area (Å²) in [4.78, 5) is 16.3. The largest absolute Gasteiger partial charge is 0.446 e. The molecule has 7 nitrogen and oxygen atoms in total. The van der Waals surface area contributed by atoms with Crippen molar-refractivity contribution in [3.05, 3.63) is 16.8 Å². The highest BCUT2D eigenvalue weighted by Gasteiger charge is 2.14. The van der Waals surface area contributed by atoms with Gasteiger partial charge in [-0.1, -0.05) is 0 Å². The molecule has 0 aliphatic heterocycles. The van der Waals surface area contributed by atoms with Crippen LogP contribution in [0.25, 0.3) is 11.6 Å². The molecule has 0 spiro atoms. The molecule has 0 aliphatic carbocycles. The van der Waals surface area contributed by atoms with Crippen LogP contribution in [0.15, 0.2) is 21.2 Å². The fourth-order valence-corrected chi connectivity index (χ4v) is 1.25. The van der Waals surface area contributed by atoms with Crippen molar-refractivity contribution in [2.75, 3.05) is 0 Å². The van der Waals surface area contributed by atoms with Crippen molar-refractivity contribution in [3.8, 4) is 11.6 Å². The van der Waals surface area contributed by atoms with E-state index in [1.807, 2.05) is 0 Å². The second kappa shape index (κ2) is 3.81. The van der Waals surface area contributed by atoms with E-state index in [0.717, 1.165) is 4.85 Å². The molecule has 0 aromatic carbocycles. The van der Waals surface area contributed by atoms with Crippen molar-refractivity contribution in [2.45, 2.75) is 6.92 Å². The second-order valence-corrected chi connectivity index (χ2v) is 3.34. The van der Waals surface area contributed by atoms with E-state index < -0.39 is 5.97 Å². The molecule has 0 radical (unpaired) electrons. The van der Waals surface area contributed by atoms with Crippen LogP contribution in [-0.4, -0.2) is 26.3 Å². The molecule has 8 heteroatoms. The predicted molar refractivity (Wildman–Crippen MR) is 50.5 cm³/mol. The number of hydrogen-bond donors (Lipinski definition) is 0. The topological polar surface area (TPSA) is 83.0 Å². The van der Waals surface area contributed by atoms with Crippen molar-refractivity contribution in [1.29, 1.82) is 0 Å². The summed E-state index contributed by atoms with van der Waals surface area (Å²) >= 11 is 3.14. The first kappa shape index (κ1) is 9.84. The van der Waals surface area contributed by atoms with Gasteiger partial charge in [0, 0.05) is 6.92 Å². The van der Waals surface area contributed by atoms with Gasteiger partial charge in [0.05, 0.1) is 0 Å². The Balaban J connectivity index is 2.36. The monoisotopic (exact) mass is 272 g/mol. The molecular weight excluding hydrogens is 268 g/mol. The Bertz CT molecular complexity index is 492. The van der Waals surface area contributed by atoms with Gasteiger partial charge in [-0.05, 0) is 43.3 Å². The molecule has 15 heavy (non-hydrogen) atoms. The first-order valence-electron chi connectivity index (χ1n) is 3.90. The summed E-state index contributed by atoms with van der Waals surface area (Å²) in [7, 11) is 0. The average Bonchev–Trinajstić information content (AvgIpc) is 2.72. The zero-order valence-corrected chi connectivity index (χ0v) is 9.13. The molecule has 0 bridgehead atoms. The Hall–Kier alpha value is -1.70. The number of aromatic nitrogens is 4. The lowest BCUT2D eigenvalue weighted by molar-refractivity contribution is -0.143. The van der Waals surface area contributed by atoms with E-state index in [1.165, 1.54) is 6.92 Å². The van der Waals surface area contributed by atoms with E-state index in [-0.39, 0.29) is 5.82 Å². The van der Waals surface area contributed by atoms with Gasteiger partial charge in [-0.25, -0.2) is 4.79 Å². The first-order valence-corrected chi connectivity index (χ1v) is 4.69. The molecule has 2 heterocycles. The van der Waals surface area contributed by atoms with E-state index in [1.54, 1.807) is 12.1 Å². The number of halogens is 1. The lowest BCUT2D eigenvalue weighted by Gasteiger charge is -1.98. The predicted octanol–water partition coefficient (Wildman–Crippen LogP) is 0.671. The fourth-order valence-electron chi connectivity index (χ4n) is 0.941. The normalized spacial score (nSPS) is 10.3. The number of carbonyl (C=O) groups is 1. The fraction of sp³-hybridized carbons (Fsp3) is 0.143. The number of furan rings is 1. The molecule has 2 aromatic rings.